The zero-order chi connectivity index (χ0) is 14.2. The highest BCUT2D eigenvalue weighted by Gasteiger charge is 2.40. The van der Waals surface area contributed by atoms with Gasteiger partial charge in [-0.1, -0.05) is 22.4 Å². The molecule has 0 spiro atoms. The summed E-state index contributed by atoms with van der Waals surface area (Å²) in [6.45, 7) is 0.148. The number of hydrogen-bond acceptors (Lipinski definition) is 3. The maximum absolute atomic E-state index is 9.62. The largest absolute Gasteiger partial charge is 0.496 e. The number of rotatable bonds is 4. The van der Waals surface area contributed by atoms with Crippen LogP contribution in [-0.2, 0) is 5.41 Å². The fourth-order valence-corrected chi connectivity index (χ4v) is 3.05. The van der Waals surface area contributed by atoms with E-state index in [0.717, 1.165) is 46.6 Å². The average Bonchev–Trinajstić information content (AvgIpc) is 2.88. The van der Waals surface area contributed by atoms with Crippen LogP contribution in [0, 0.1) is 0 Å². The molecule has 0 atom stereocenters. The number of methoxy groups -OCH3 is 1. The molecule has 2 aromatic rings. The van der Waals surface area contributed by atoms with Crippen molar-refractivity contribution in [2.75, 3.05) is 13.7 Å². The van der Waals surface area contributed by atoms with E-state index in [9.17, 15) is 5.11 Å². The number of imidazole rings is 1. The normalized spacial score (nSPS) is 16.8. The molecule has 5 heteroatoms. The summed E-state index contributed by atoms with van der Waals surface area (Å²) in [6, 6.07) is 5.87. The van der Waals surface area contributed by atoms with Crippen molar-refractivity contribution in [3.63, 3.8) is 0 Å². The summed E-state index contributed by atoms with van der Waals surface area (Å²) >= 11 is 3.48. The Balaban J connectivity index is 2.00. The number of aromatic amines is 1. The quantitative estimate of drug-likeness (QED) is 0.900. The van der Waals surface area contributed by atoms with E-state index in [1.165, 1.54) is 0 Å². The fourth-order valence-electron chi connectivity index (χ4n) is 2.69. The van der Waals surface area contributed by atoms with Gasteiger partial charge < -0.3 is 14.8 Å². The Kier molecular flexibility index (Phi) is 3.56. The first-order chi connectivity index (χ1) is 9.68. The maximum Gasteiger partial charge on any atom is 0.128 e. The molecule has 0 aliphatic heterocycles. The van der Waals surface area contributed by atoms with Gasteiger partial charge in [0.15, 0.2) is 0 Å². The van der Waals surface area contributed by atoms with Crippen LogP contribution in [0.3, 0.4) is 0 Å². The molecule has 106 valence electrons. The standard InChI is InChI=1S/C15H17BrN2O2/c1-20-13-4-3-10(16)7-11(13)12-8-17-14(18-12)15(9-19)5-2-6-15/h3-4,7-8,19H,2,5-6,9H2,1H3,(H,17,18). The highest BCUT2D eigenvalue weighted by atomic mass is 79.9. The molecule has 2 N–H and O–H groups in total. The van der Waals surface area contributed by atoms with Gasteiger partial charge in [0.05, 0.1) is 31.0 Å². The summed E-state index contributed by atoms with van der Waals surface area (Å²) < 4.78 is 6.39. The van der Waals surface area contributed by atoms with Gasteiger partial charge in [-0.25, -0.2) is 4.98 Å². The second-order valence-electron chi connectivity index (χ2n) is 5.28. The lowest BCUT2D eigenvalue weighted by Crippen LogP contribution is -2.39. The van der Waals surface area contributed by atoms with Crippen LogP contribution in [0.2, 0.25) is 0 Å². The molecule has 1 saturated carbocycles. The summed E-state index contributed by atoms with van der Waals surface area (Å²) in [5.74, 6) is 1.68. The van der Waals surface area contributed by atoms with Crippen molar-refractivity contribution in [3.05, 3.63) is 34.7 Å². The summed E-state index contributed by atoms with van der Waals surface area (Å²) in [7, 11) is 1.66. The molecule has 4 nitrogen and oxygen atoms in total. The van der Waals surface area contributed by atoms with E-state index in [2.05, 4.69) is 25.9 Å². The Hall–Kier alpha value is -1.33. The Labute approximate surface area is 126 Å². The summed E-state index contributed by atoms with van der Waals surface area (Å²) in [5.41, 5.74) is 1.71. The minimum absolute atomic E-state index is 0.148. The minimum atomic E-state index is -0.169. The van der Waals surface area contributed by atoms with Gasteiger partial charge in [-0.2, -0.15) is 0 Å². The van der Waals surface area contributed by atoms with Gasteiger partial charge in [-0.15, -0.1) is 0 Å². The highest BCUT2D eigenvalue weighted by molar-refractivity contribution is 9.10. The topological polar surface area (TPSA) is 58.1 Å². The lowest BCUT2D eigenvalue weighted by Gasteiger charge is -2.38. The van der Waals surface area contributed by atoms with Gasteiger partial charge in [-0.05, 0) is 31.0 Å². The van der Waals surface area contributed by atoms with Gasteiger partial charge >= 0.3 is 0 Å². The predicted octanol–water partition coefficient (Wildman–Crippen LogP) is 3.26. The highest BCUT2D eigenvalue weighted by Crippen LogP contribution is 2.42. The van der Waals surface area contributed by atoms with E-state index in [1.54, 1.807) is 7.11 Å². The summed E-state index contributed by atoms with van der Waals surface area (Å²) in [5, 5.41) is 9.62. The number of ether oxygens (including phenoxy) is 1. The molecule has 0 radical (unpaired) electrons. The van der Waals surface area contributed by atoms with Crippen LogP contribution in [0.15, 0.2) is 28.9 Å². The Morgan fingerprint density at radius 1 is 1.45 bits per heavy atom. The molecule has 1 aliphatic carbocycles. The van der Waals surface area contributed by atoms with Gasteiger partial charge in [0, 0.05) is 10.0 Å². The number of aliphatic hydroxyl groups is 1. The van der Waals surface area contributed by atoms with Crippen molar-refractivity contribution in [2.24, 2.45) is 0 Å². The Morgan fingerprint density at radius 2 is 2.25 bits per heavy atom. The molecule has 3 rings (SSSR count). The first kappa shape index (κ1) is 13.6. The first-order valence-corrected chi connectivity index (χ1v) is 7.48. The molecule has 0 unspecified atom stereocenters. The second kappa shape index (κ2) is 5.22. The van der Waals surface area contributed by atoms with Gasteiger partial charge in [0.1, 0.15) is 11.6 Å². The second-order valence-corrected chi connectivity index (χ2v) is 6.20. The van der Waals surface area contributed by atoms with E-state index in [-0.39, 0.29) is 12.0 Å². The first-order valence-electron chi connectivity index (χ1n) is 6.69. The van der Waals surface area contributed by atoms with Crippen LogP contribution in [0.4, 0.5) is 0 Å². The maximum atomic E-state index is 9.62. The molecule has 1 aromatic heterocycles. The number of H-pyrrole nitrogens is 1. The molecule has 1 aliphatic rings. The number of aromatic nitrogens is 2. The van der Waals surface area contributed by atoms with E-state index < -0.39 is 0 Å². The van der Waals surface area contributed by atoms with Crippen LogP contribution in [0.25, 0.3) is 11.3 Å². The van der Waals surface area contributed by atoms with Crippen LogP contribution >= 0.6 is 15.9 Å². The SMILES string of the molecule is COc1ccc(Br)cc1-c1cnc(C2(CO)CCC2)[nH]1. The van der Waals surface area contributed by atoms with Crippen LogP contribution in [0.1, 0.15) is 25.1 Å². The Morgan fingerprint density at radius 3 is 2.85 bits per heavy atom. The fraction of sp³-hybridized carbons (Fsp3) is 0.400. The molecule has 0 amide bonds. The molecular weight excluding hydrogens is 320 g/mol. The number of nitrogens with one attached hydrogen (secondary N) is 1. The lowest BCUT2D eigenvalue weighted by molar-refractivity contribution is 0.113. The van der Waals surface area contributed by atoms with Crippen LogP contribution in [-0.4, -0.2) is 28.8 Å². The predicted molar refractivity (Wildman–Crippen MR) is 80.9 cm³/mol. The number of hydrogen-bond donors (Lipinski definition) is 2. The van der Waals surface area contributed by atoms with Crippen molar-refractivity contribution in [1.29, 1.82) is 0 Å². The zero-order valence-corrected chi connectivity index (χ0v) is 12.9. The monoisotopic (exact) mass is 336 g/mol. The number of nitrogens with zero attached hydrogens (tertiary/aromatic N) is 1. The molecule has 1 fully saturated rings. The average molecular weight is 337 g/mol. The zero-order valence-electron chi connectivity index (χ0n) is 11.3. The third kappa shape index (κ3) is 2.15. The van der Waals surface area contributed by atoms with Crippen molar-refractivity contribution in [3.8, 4) is 17.0 Å². The molecule has 0 saturated heterocycles. The van der Waals surface area contributed by atoms with Gasteiger partial charge in [-0.3, -0.25) is 0 Å². The van der Waals surface area contributed by atoms with Crippen molar-refractivity contribution < 1.29 is 9.84 Å². The Bertz CT molecular complexity index is 615. The molecule has 1 aromatic carbocycles. The number of halogens is 1. The minimum Gasteiger partial charge on any atom is -0.496 e. The smallest absolute Gasteiger partial charge is 0.128 e. The van der Waals surface area contributed by atoms with Crippen molar-refractivity contribution >= 4 is 15.9 Å². The summed E-state index contributed by atoms with van der Waals surface area (Å²) in [6.07, 6.45) is 4.95. The third-order valence-electron chi connectivity index (χ3n) is 4.14. The van der Waals surface area contributed by atoms with Gasteiger partial charge in [0.2, 0.25) is 0 Å². The van der Waals surface area contributed by atoms with Crippen molar-refractivity contribution in [2.45, 2.75) is 24.7 Å². The van der Waals surface area contributed by atoms with E-state index in [0.29, 0.717) is 0 Å². The number of aliphatic hydroxyl groups excluding tert-OH is 1. The van der Waals surface area contributed by atoms with E-state index >= 15 is 0 Å². The van der Waals surface area contributed by atoms with Crippen molar-refractivity contribution in [1.82, 2.24) is 9.97 Å². The van der Waals surface area contributed by atoms with Crippen LogP contribution < -0.4 is 4.74 Å². The number of benzene rings is 1. The third-order valence-corrected chi connectivity index (χ3v) is 4.64. The van der Waals surface area contributed by atoms with E-state index in [4.69, 9.17) is 4.74 Å². The summed E-state index contributed by atoms with van der Waals surface area (Å²) in [4.78, 5) is 7.83. The molecule has 20 heavy (non-hydrogen) atoms. The molecule has 0 bridgehead atoms. The molecule has 1 heterocycles. The van der Waals surface area contributed by atoms with Gasteiger partial charge in [0.25, 0.3) is 0 Å². The van der Waals surface area contributed by atoms with E-state index in [1.807, 2.05) is 24.4 Å². The molecular formula is C15H17BrN2O2. The lowest BCUT2D eigenvalue weighted by atomic mass is 9.69. The van der Waals surface area contributed by atoms with Crippen LogP contribution in [0.5, 0.6) is 5.75 Å².